The Morgan fingerprint density at radius 1 is 1.12 bits per heavy atom. The summed E-state index contributed by atoms with van der Waals surface area (Å²) in [5, 5.41) is 0. The van der Waals surface area contributed by atoms with Crippen molar-refractivity contribution in [3.05, 3.63) is 56.7 Å². The Balaban J connectivity index is 1.45. The summed E-state index contributed by atoms with van der Waals surface area (Å²) in [4.78, 5) is 20.7. The van der Waals surface area contributed by atoms with E-state index in [1.54, 1.807) is 11.3 Å². The highest BCUT2D eigenvalue weighted by atomic mass is 79.9. The molecular formula is C20H26BrN3OS. The van der Waals surface area contributed by atoms with Crippen LogP contribution >= 0.6 is 27.3 Å². The topological polar surface area (TPSA) is 26.8 Å². The number of rotatable bonds is 6. The number of thiophene rings is 1. The van der Waals surface area contributed by atoms with E-state index in [1.807, 2.05) is 30.1 Å². The molecule has 1 amide bonds. The summed E-state index contributed by atoms with van der Waals surface area (Å²) in [6, 6.07) is 14.6. The SMILES string of the molecule is C[C@H](c1ccccc1)N(C)C(=O)CN1CCN(Cc2ccc(Br)s2)CC1. The fraction of sp³-hybridized carbons (Fsp3) is 0.450. The minimum atomic E-state index is 0.0993. The molecule has 1 saturated heterocycles. The molecule has 140 valence electrons. The van der Waals surface area contributed by atoms with E-state index in [1.165, 1.54) is 14.2 Å². The summed E-state index contributed by atoms with van der Waals surface area (Å²) in [6.07, 6.45) is 0. The van der Waals surface area contributed by atoms with Crippen molar-refractivity contribution in [2.45, 2.75) is 19.5 Å². The average molecular weight is 436 g/mol. The summed E-state index contributed by atoms with van der Waals surface area (Å²) in [6.45, 7) is 7.53. The number of halogens is 1. The van der Waals surface area contributed by atoms with Gasteiger partial charge in [0.15, 0.2) is 0 Å². The van der Waals surface area contributed by atoms with E-state index in [9.17, 15) is 4.79 Å². The van der Waals surface area contributed by atoms with Gasteiger partial charge in [-0.1, -0.05) is 30.3 Å². The van der Waals surface area contributed by atoms with Crippen molar-refractivity contribution >= 4 is 33.2 Å². The van der Waals surface area contributed by atoms with Gasteiger partial charge in [-0.05, 0) is 40.5 Å². The zero-order chi connectivity index (χ0) is 18.5. The molecule has 0 N–H and O–H groups in total. The fourth-order valence-corrected chi connectivity index (χ4v) is 4.76. The van der Waals surface area contributed by atoms with E-state index >= 15 is 0 Å². The van der Waals surface area contributed by atoms with Crippen LogP contribution < -0.4 is 0 Å². The van der Waals surface area contributed by atoms with Crippen LogP contribution in [0.25, 0.3) is 0 Å². The quantitative estimate of drug-likeness (QED) is 0.689. The first-order valence-electron chi connectivity index (χ1n) is 9.02. The monoisotopic (exact) mass is 435 g/mol. The maximum absolute atomic E-state index is 12.7. The van der Waals surface area contributed by atoms with Crippen LogP contribution in [0, 0.1) is 0 Å². The second-order valence-corrected chi connectivity index (χ2v) is 9.40. The Labute approximate surface area is 168 Å². The molecule has 4 nitrogen and oxygen atoms in total. The largest absolute Gasteiger partial charge is 0.338 e. The minimum absolute atomic E-state index is 0.0993. The zero-order valence-corrected chi connectivity index (χ0v) is 17.8. The Morgan fingerprint density at radius 3 is 2.38 bits per heavy atom. The van der Waals surface area contributed by atoms with Crippen LogP contribution in [0.3, 0.4) is 0 Å². The molecule has 0 spiro atoms. The Bertz CT molecular complexity index is 713. The van der Waals surface area contributed by atoms with Crippen molar-refractivity contribution in [3.8, 4) is 0 Å². The number of carbonyl (C=O) groups excluding carboxylic acids is 1. The standard InChI is InChI=1S/C20H26BrN3OS/c1-16(17-6-4-3-5-7-17)22(2)20(25)15-24-12-10-23(11-13-24)14-18-8-9-19(21)26-18/h3-9,16H,10-15H2,1-2H3/t16-/m1/s1. The fourth-order valence-electron chi connectivity index (χ4n) is 3.24. The van der Waals surface area contributed by atoms with Gasteiger partial charge in [0.25, 0.3) is 0 Å². The molecule has 1 fully saturated rings. The van der Waals surface area contributed by atoms with Crippen LogP contribution in [0.2, 0.25) is 0 Å². The lowest BCUT2D eigenvalue weighted by Gasteiger charge is -2.35. The third-order valence-corrected chi connectivity index (χ3v) is 6.70. The molecule has 1 aliphatic rings. The summed E-state index contributed by atoms with van der Waals surface area (Å²) in [5.74, 6) is 0.192. The maximum Gasteiger partial charge on any atom is 0.236 e. The minimum Gasteiger partial charge on any atom is -0.338 e. The lowest BCUT2D eigenvalue weighted by Crippen LogP contribution is -2.49. The predicted molar refractivity (Wildman–Crippen MR) is 111 cm³/mol. The van der Waals surface area contributed by atoms with Crippen molar-refractivity contribution in [2.75, 3.05) is 39.8 Å². The lowest BCUT2D eigenvalue weighted by molar-refractivity contribution is -0.133. The van der Waals surface area contributed by atoms with Gasteiger partial charge < -0.3 is 4.90 Å². The first-order valence-corrected chi connectivity index (χ1v) is 10.6. The van der Waals surface area contributed by atoms with Crippen LogP contribution in [0.4, 0.5) is 0 Å². The molecule has 0 unspecified atom stereocenters. The molecule has 2 aromatic rings. The van der Waals surface area contributed by atoms with Gasteiger partial charge in [0.05, 0.1) is 16.4 Å². The molecule has 6 heteroatoms. The predicted octanol–water partition coefficient (Wildman–Crippen LogP) is 3.85. The number of amides is 1. The van der Waals surface area contributed by atoms with E-state index in [4.69, 9.17) is 0 Å². The van der Waals surface area contributed by atoms with Crippen LogP contribution in [0.15, 0.2) is 46.3 Å². The average Bonchev–Trinajstić information content (AvgIpc) is 3.07. The number of nitrogens with zero attached hydrogens (tertiary/aromatic N) is 3. The normalized spacial score (nSPS) is 17.2. The first-order chi connectivity index (χ1) is 12.5. The molecule has 0 bridgehead atoms. The summed E-state index contributed by atoms with van der Waals surface area (Å²) < 4.78 is 1.19. The molecule has 1 aromatic carbocycles. The molecule has 2 heterocycles. The van der Waals surface area contributed by atoms with Crippen molar-refractivity contribution < 1.29 is 4.79 Å². The van der Waals surface area contributed by atoms with E-state index in [0.717, 1.165) is 32.7 Å². The van der Waals surface area contributed by atoms with E-state index in [0.29, 0.717) is 6.54 Å². The number of hydrogen-bond donors (Lipinski definition) is 0. The van der Waals surface area contributed by atoms with Gasteiger partial charge in [-0.25, -0.2) is 0 Å². The number of piperazine rings is 1. The van der Waals surface area contributed by atoms with Crippen molar-refractivity contribution in [1.82, 2.24) is 14.7 Å². The molecule has 0 radical (unpaired) electrons. The lowest BCUT2D eigenvalue weighted by atomic mass is 10.1. The van der Waals surface area contributed by atoms with E-state index in [-0.39, 0.29) is 11.9 Å². The molecular weight excluding hydrogens is 410 g/mol. The summed E-state index contributed by atoms with van der Waals surface area (Å²) in [5.41, 5.74) is 1.18. The van der Waals surface area contributed by atoms with Gasteiger partial charge in [-0.15, -0.1) is 11.3 Å². The van der Waals surface area contributed by atoms with Gasteiger partial charge in [0.2, 0.25) is 5.91 Å². The third kappa shape index (κ3) is 5.16. The van der Waals surface area contributed by atoms with Gasteiger partial charge in [-0.2, -0.15) is 0 Å². The van der Waals surface area contributed by atoms with Gasteiger partial charge in [0.1, 0.15) is 0 Å². The van der Waals surface area contributed by atoms with Gasteiger partial charge in [-0.3, -0.25) is 14.6 Å². The van der Waals surface area contributed by atoms with Crippen LogP contribution in [0.5, 0.6) is 0 Å². The Kier molecular flexibility index (Phi) is 6.86. The Hall–Kier alpha value is -1.21. The van der Waals surface area contributed by atoms with Crippen LogP contribution in [-0.2, 0) is 11.3 Å². The smallest absolute Gasteiger partial charge is 0.236 e. The number of hydrogen-bond acceptors (Lipinski definition) is 4. The Morgan fingerprint density at radius 2 is 1.77 bits per heavy atom. The highest BCUT2D eigenvalue weighted by molar-refractivity contribution is 9.11. The summed E-state index contributed by atoms with van der Waals surface area (Å²) in [7, 11) is 1.91. The van der Waals surface area contributed by atoms with E-state index < -0.39 is 0 Å². The van der Waals surface area contributed by atoms with Crippen LogP contribution in [0.1, 0.15) is 23.4 Å². The summed E-state index contributed by atoms with van der Waals surface area (Å²) >= 11 is 5.32. The highest BCUT2D eigenvalue weighted by Gasteiger charge is 2.23. The molecule has 1 aliphatic heterocycles. The number of benzene rings is 1. The van der Waals surface area contributed by atoms with Gasteiger partial charge >= 0.3 is 0 Å². The van der Waals surface area contributed by atoms with E-state index in [2.05, 4.69) is 56.9 Å². The maximum atomic E-state index is 12.7. The van der Waals surface area contributed by atoms with Crippen molar-refractivity contribution in [2.24, 2.45) is 0 Å². The second-order valence-electron chi connectivity index (χ2n) is 6.85. The molecule has 1 atom stereocenters. The van der Waals surface area contributed by atoms with Gasteiger partial charge in [0, 0.05) is 44.6 Å². The number of likely N-dealkylation sites (N-methyl/N-ethyl adjacent to an activating group) is 1. The number of carbonyl (C=O) groups is 1. The molecule has 0 saturated carbocycles. The molecule has 0 aliphatic carbocycles. The second kappa shape index (κ2) is 9.13. The first kappa shape index (κ1) is 19.5. The van der Waals surface area contributed by atoms with Crippen molar-refractivity contribution in [1.29, 1.82) is 0 Å². The molecule has 3 rings (SSSR count). The molecule has 26 heavy (non-hydrogen) atoms. The van der Waals surface area contributed by atoms with Crippen LogP contribution in [-0.4, -0.2) is 60.4 Å². The zero-order valence-electron chi connectivity index (χ0n) is 15.4. The molecule has 1 aromatic heterocycles. The highest BCUT2D eigenvalue weighted by Crippen LogP contribution is 2.24. The third-order valence-electron chi connectivity index (χ3n) is 5.09. The van der Waals surface area contributed by atoms with Crippen molar-refractivity contribution in [3.63, 3.8) is 0 Å².